The van der Waals surface area contributed by atoms with Crippen molar-refractivity contribution in [3.63, 3.8) is 0 Å². The van der Waals surface area contributed by atoms with E-state index in [1.807, 2.05) is 30.5 Å². The molecule has 1 atom stereocenters. The van der Waals surface area contributed by atoms with E-state index in [1.54, 1.807) is 6.07 Å². The van der Waals surface area contributed by atoms with Gasteiger partial charge in [-0.25, -0.2) is 0 Å². The summed E-state index contributed by atoms with van der Waals surface area (Å²) in [6.07, 6.45) is 4.99. The quantitative estimate of drug-likeness (QED) is 0.375. The average Bonchev–Trinajstić information content (AvgIpc) is 2.80. The average molecular weight is 456 g/mol. The van der Waals surface area contributed by atoms with Crippen LogP contribution in [-0.4, -0.2) is 47.5 Å². The first-order valence-corrected chi connectivity index (χ1v) is 11.7. The number of nitrogens with two attached hydrogens (primary N) is 1. The molecule has 8 heteroatoms. The van der Waals surface area contributed by atoms with Gasteiger partial charge in [0.05, 0.1) is 5.25 Å². The van der Waals surface area contributed by atoms with Crippen molar-refractivity contribution < 1.29 is 19.2 Å². The summed E-state index contributed by atoms with van der Waals surface area (Å²) in [6, 6.07) is 12.8. The first kappa shape index (κ1) is 25.1. The van der Waals surface area contributed by atoms with E-state index in [4.69, 9.17) is 5.73 Å². The molecule has 3 N–H and O–H groups in total. The topological polar surface area (TPSA) is 110 Å². The molecule has 0 aliphatic rings. The summed E-state index contributed by atoms with van der Waals surface area (Å²) >= 11 is 1.41. The number of nitrogens with zero attached hydrogens (tertiary/aromatic N) is 1. The maximum Gasteiger partial charge on any atom is 0.242 e. The van der Waals surface area contributed by atoms with Crippen LogP contribution in [-0.2, 0) is 27.2 Å². The molecule has 0 aliphatic heterocycles. The molecule has 0 fully saturated rings. The number of aldehydes is 1. The lowest BCUT2D eigenvalue weighted by Gasteiger charge is -2.21. The number of nitrogen functional groups attached to an aromatic ring is 1. The summed E-state index contributed by atoms with van der Waals surface area (Å²) in [5, 5.41) is 2.33. The number of rotatable bonds is 12. The van der Waals surface area contributed by atoms with E-state index in [2.05, 4.69) is 12.2 Å². The summed E-state index contributed by atoms with van der Waals surface area (Å²) in [5.41, 5.74) is 9.14. The molecule has 0 saturated carbocycles. The Morgan fingerprint density at radius 1 is 1.12 bits per heavy atom. The molecule has 3 amide bonds. The van der Waals surface area contributed by atoms with Crippen molar-refractivity contribution >= 4 is 47.6 Å². The van der Waals surface area contributed by atoms with E-state index < -0.39 is 0 Å². The fourth-order valence-electron chi connectivity index (χ4n) is 3.19. The van der Waals surface area contributed by atoms with Gasteiger partial charge in [0.1, 0.15) is 0 Å². The molecule has 170 valence electrons. The highest BCUT2D eigenvalue weighted by Crippen LogP contribution is 2.19. The number of nitrogens with one attached hydrogen (secondary N) is 1. The molecule has 7 nitrogen and oxygen atoms in total. The first-order valence-electron chi connectivity index (χ1n) is 10.4. The number of hydrogen-bond acceptors (Lipinski definition) is 6. The molecule has 0 heterocycles. The summed E-state index contributed by atoms with van der Waals surface area (Å²) in [6.45, 7) is 2.25. The lowest BCUT2D eigenvalue weighted by atomic mass is 10.1. The fraction of sp³-hybridized carbons (Fsp3) is 0.333. The third-order valence-corrected chi connectivity index (χ3v) is 6.06. The Morgan fingerprint density at radius 3 is 2.38 bits per heavy atom. The molecular weight excluding hydrogens is 426 g/mol. The highest BCUT2D eigenvalue weighted by Gasteiger charge is 2.23. The summed E-state index contributed by atoms with van der Waals surface area (Å²) < 4.78 is 0. The third-order valence-electron chi connectivity index (χ3n) is 5.12. The van der Waals surface area contributed by atoms with E-state index >= 15 is 0 Å². The van der Waals surface area contributed by atoms with Gasteiger partial charge in [-0.1, -0.05) is 31.2 Å². The molecule has 0 saturated heterocycles. The molecule has 1 unspecified atom stereocenters. The number of carbonyl (C=O) groups is 4. The molecular formula is C24H29N3O4S. The number of hydrogen-bond donors (Lipinski definition) is 2. The number of imide groups is 1. The van der Waals surface area contributed by atoms with Gasteiger partial charge >= 0.3 is 0 Å². The number of benzene rings is 2. The Hall–Kier alpha value is -3.13. The predicted molar refractivity (Wildman–Crippen MR) is 129 cm³/mol. The van der Waals surface area contributed by atoms with Crippen LogP contribution in [0, 0.1) is 0 Å². The van der Waals surface area contributed by atoms with Gasteiger partial charge in [-0.15, -0.1) is 0 Å². The third kappa shape index (κ3) is 7.23. The molecule has 0 radical (unpaired) electrons. The number of carbonyl (C=O) groups excluding carboxylic acids is 4. The maximum absolute atomic E-state index is 12.8. The Labute approximate surface area is 192 Å². The summed E-state index contributed by atoms with van der Waals surface area (Å²) in [4.78, 5) is 48.5. The highest BCUT2D eigenvalue weighted by molar-refractivity contribution is 7.99. The van der Waals surface area contributed by atoms with Gasteiger partial charge in [0, 0.05) is 29.9 Å². The highest BCUT2D eigenvalue weighted by atomic mass is 32.2. The van der Waals surface area contributed by atoms with Gasteiger partial charge in [-0.2, -0.15) is 11.8 Å². The zero-order valence-corrected chi connectivity index (χ0v) is 19.2. The number of thioether (sulfide) groups is 1. The van der Waals surface area contributed by atoms with Crippen LogP contribution < -0.4 is 11.1 Å². The molecule has 0 spiro atoms. The Balaban J connectivity index is 1.87. The molecule has 0 aliphatic carbocycles. The number of aryl methyl sites for hydroxylation is 1. The molecule has 32 heavy (non-hydrogen) atoms. The van der Waals surface area contributed by atoms with E-state index in [0.29, 0.717) is 36.8 Å². The van der Waals surface area contributed by atoms with Crippen molar-refractivity contribution in [2.45, 2.75) is 37.9 Å². The Morgan fingerprint density at radius 2 is 1.81 bits per heavy atom. The van der Waals surface area contributed by atoms with Gasteiger partial charge in [0.25, 0.3) is 0 Å². The normalized spacial score (nSPS) is 11.4. The van der Waals surface area contributed by atoms with Crippen molar-refractivity contribution in [3.8, 4) is 0 Å². The van der Waals surface area contributed by atoms with Gasteiger partial charge in [-0.3, -0.25) is 24.1 Å². The van der Waals surface area contributed by atoms with Crippen molar-refractivity contribution in [1.82, 2.24) is 4.90 Å². The molecule has 0 bridgehead atoms. The van der Waals surface area contributed by atoms with Crippen molar-refractivity contribution in [2.75, 3.05) is 23.9 Å². The Bertz CT molecular complexity index is 947. The predicted octanol–water partition coefficient (Wildman–Crippen LogP) is 3.32. The molecule has 2 aromatic carbocycles. The minimum absolute atomic E-state index is 0.134. The van der Waals surface area contributed by atoms with Crippen LogP contribution in [0.15, 0.2) is 42.5 Å². The first-order chi connectivity index (χ1) is 15.4. The lowest BCUT2D eigenvalue weighted by molar-refractivity contribution is -0.138. The zero-order valence-electron chi connectivity index (χ0n) is 18.4. The summed E-state index contributed by atoms with van der Waals surface area (Å²) in [5.74, 6) is -0.524. The Kier molecular flexibility index (Phi) is 9.94. The lowest BCUT2D eigenvalue weighted by Crippen LogP contribution is -2.38. The second-order valence-corrected chi connectivity index (χ2v) is 8.39. The van der Waals surface area contributed by atoms with Crippen LogP contribution in [0.2, 0.25) is 0 Å². The van der Waals surface area contributed by atoms with Gasteiger partial charge < -0.3 is 11.1 Å². The van der Waals surface area contributed by atoms with Crippen LogP contribution in [0.1, 0.15) is 41.3 Å². The molecule has 0 aromatic heterocycles. The SMILES string of the molecule is CCc1ccc(CC(SC)C(=O)N(C=O)CCCC(=O)Nc2ccc(C=O)c(N)c2)cc1. The van der Waals surface area contributed by atoms with E-state index in [9.17, 15) is 19.2 Å². The van der Waals surface area contributed by atoms with Crippen LogP contribution in [0.3, 0.4) is 0 Å². The summed E-state index contributed by atoms with van der Waals surface area (Å²) in [7, 11) is 0. The maximum atomic E-state index is 12.8. The van der Waals surface area contributed by atoms with Gasteiger partial charge in [-0.05, 0) is 54.8 Å². The fourth-order valence-corrected chi connectivity index (χ4v) is 3.89. The second kappa shape index (κ2) is 12.7. The van der Waals surface area contributed by atoms with E-state index in [1.165, 1.54) is 29.5 Å². The minimum atomic E-state index is -0.374. The minimum Gasteiger partial charge on any atom is -0.398 e. The zero-order chi connectivity index (χ0) is 23.5. The van der Waals surface area contributed by atoms with Gasteiger partial charge in [0.2, 0.25) is 18.2 Å². The number of anilines is 2. The van der Waals surface area contributed by atoms with E-state index in [0.717, 1.165) is 16.9 Å². The standard InChI is InChI=1S/C24H29N3O4S/c1-3-17-6-8-18(9-7-17)13-22(32-2)24(31)27(16-29)12-4-5-23(30)26-20-11-10-19(15-28)21(25)14-20/h6-11,14-16,22H,3-5,12-13,25H2,1-2H3,(H,26,30). The van der Waals surface area contributed by atoms with Crippen molar-refractivity contribution in [3.05, 3.63) is 59.2 Å². The van der Waals surface area contributed by atoms with Crippen molar-refractivity contribution in [1.29, 1.82) is 0 Å². The smallest absolute Gasteiger partial charge is 0.242 e. The monoisotopic (exact) mass is 455 g/mol. The molecule has 2 rings (SSSR count). The van der Waals surface area contributed by atoms with Crippen LogP contribution in [0.25, 0.3) is 0 Å². The number of amides is 3. The van der Waals surface area contributed by atoms with Crippen LogP contribution in [0.4, 0.5) is 11.4 Å². The molecule has 2 aromatic rings. The second-order valence-electron chi connectivity index (χ2n) is 7.35. The van der Waals surface area contributed by atoms with Crippen LogP contribution >= 0.6 is 11.8 Å². The van der Waals surface area contributed by atoms with Crippen LogP contribution in [0.5, 0.6) is 0 Å². The van der Waals surface area contributed by atoms with Crippen molar-refractivity contribution in [2.24, 2.45) is 0 Å². The van der Waals surface area contributed by atoms with E-state index in [-0.39, 0.29) is 35.7 Å². The van der Waals surface area contributed by atoms with Gasteiger partial charge in [0.15, 0.2) is 6.29 Å². The largest absolute Gasteiger partial charge is 0.398 e.